The average molecular weight is 332 g/mol. The van der Waals surface area contributed by atoms with E-state index in [1.807, 2.05) is 18.2 Å². The van der Waals surface area contributed by atoms with E-state index in [4.69, 9.17) is 16.3 Å². The van der Waals surface area contributed by atoms with Gasteiger partial charge in [-0.25, -0.2) is 4.98 Å². The molecule has 1 aromatic carbocycles. The summed E-state index contributed by atoms with van der Waals surface area (Å²) in [5, 5.41) is 3.54. The molecule has 1 aliphatic heterocycles. The lowest BCUT2D eigenvalue weighted by Gasteiger charge is -2.28. The van der Waals surface area contributed by atoms with Crippen molar-refractivity contribution in [3.63, 3.8) is 0 Å². The maximum absolute atomic E-state index is 12.1. The summed E-state index contributed by atoms with van der Waals surface area (Å²) in [4.78, 5) is 18.6. The van der Waals surface area contributed by atoms with Gasteiger partial charge >= 0.3 is 0 Å². The van der Waals surface area contributed by atoms with E-state index in [1.54, 1.807) is 24.4 Å². The van der Waals surface area contributed by atoms with Crippen LogP contribution in [0.1, 0.15) is 16.1 Å². The molecule has 0 radical (unpaired) electrons. The van der Waals surface area contributed by atoms with Crippen molar-refractivity contribution in [2.24, 2.45) is 0 Å². The average Bonchev–Trinajstić information content (AvgIpc) is 2.62. The highest BCUT2D eigenvalue weighted by atomic mass is 35.5. The number of benzene rings is 1. The first-order valence-corrected chi connectivity index (χ1v) is 7.91. The quantitative estimate of drug-likeness (QED) is 0.935. The van der Waals surface area contributed by atoms with E-state index < -0.39 is 0 Å². The minimum absolute atomic E-state index is 0.187. The Morgan fingerprint density at radius 2 is 1.91 bits per heavy atom. The maximum atomic E-state index is 12.1. The first kappa shape index (κ1) is 15.8. The SMILES string of the molecule is O=C(NCc1ccc(Cl)cc1)c1ccc(N2CCOCC2)cn1. The van der Waals surface area contributed by atoms with Gasteiger partial charge in [0, 0.05) is 24.7 Å². The molecule has 2 aromatic rings. The van der Waals surface area contributed by atoms with Crippen LogP contribution in [0.25, 0.3) is 0 Å². The number of ether oxygens (including phenoxy) is 1. The van der Waals surface area contributed by atoms with Crippen LogP contribution in [0.4, 0.5) is 5.69 Å². The van der Waals surface area contributed by atoms with Gasteiger partial charge in [-0.05, 0) is 29.8 Å². The number of rotatable bonds is 4. The molecule has 1 saturated heterocycles. The third-order valence-electron chi connectivity index (χ3n) is 3.72. The Kier molecular flexibility index (Phi) is 5.10. The first-order valence-electron chi connectivity index (χ1n) is 7.54. The molecule has 0 unspecified atom stereocenters. The third-order valence-corrected chi connectivity index (χ3v) is 3.98. The van der Waals surface area contributed by atoms with E-state index >= 15 is 0 Å². The van der Waals surface area contributed by atoms with Crippen molar-refractivity contribution in [1.82, 2.24) is 10.3 Å². The molecular weight excluding hydrogens is 314 g/mol. The van der Waals surface area contributed by atoms with Crippen LogP contribution < -0.4 is 10.2 Å². The smallest absolute Gasteiger partial charge is 0.270 e. The number of pyridine rings is 1. The Hall–Kier alpha value is -2.11. The summed E-state index contributed by atoms with van der Waals surface area (Å²) in [5.74, 6) is -0.187. The normalized spacial score (nSPS) is 14.6. The zero-order chi connectivity index (χ0) is 16.1. The van der Waals surface area contributed by atoms with Gasteiger partial charge in [0.1, 0.15) is 5.69 Å². The fourth-order valence-electron chi connectivity index (χ4n) is 2.40. The summed E-state index contributed by atoms with van der Waals surface area (Å²) in [5.41, 5.74) is 2.42. The lowest BCUT2D eigenvalue weighted by molar-refractivity contribution is 0.0946. The first-order chi connectivity index (χ1) is 11.2. The zero-order valence-corrected chi connectivity index (χ0v) is 13.4. The molecule has 120 valence electrons. The second-order valence-electron chi connectivity index (χ2n) is 5.31. The Labute approximate surface area is 140 Å². The number of hydrogen-bond acceptors (Lipinski definition) is 4. The predicted molar refractivity (Wildman–Crippen MR) is 89.9 cm³/mol. The van der Waals surface area contributed by atoms with Crippen LogP contribution in [0.15, 0.2) is 42.6 Å². The van der Waals surface area contributed by atoms with Crippen molar-refractivity contribution >= 4 is 23.2 Å². The monoisotopic (exact) mass is 331 g/mol. The maximum Gasteiger partial charge on any atom is 0.270 e. The highest BCUT2D eigenvalue weighted by Crippen LogP contribution is 2.15. The van der Waals surface area contributed by atoms with Gasteiger partial charge in [0.2, 0.25) is 0 Å². The van der Waals surface area contributed by atoms with Crippen molar-refractivity contribution in [2.45, 2.75) is 6.54 Å². The second kappa shape index (κ2) is 7.44. The Bertz CT molecular complexity index is 653. The number of hydrogen-bond donors (Lipinski definition) is 1. The standard InChI is InChI=1S/C17H18ClN3O2/c18-14-3-1-13(2-4-14)11-20-17(22)16-6-5-15(12-19-16)21-7-9-23-10-8-21/h1-6,12H,7-11H2,(H,20,22). The molecule has 1 fully saturated rings. The molecule has 0 atom stereocenters. The van der Waals surface area contributed by atoms with Crippen LogP contribution in [0, 0.1) is 0 Å². The molecule has 0 aliphatic carbocycles. The highest BCUT2D eigenvalue weighted by Gasteiger charge is 2.13. The number of halogens is 1. The van der Waals surface area contributed by atoms with Gasteiger partial charge in [-0.15, -0.1) is 0 Å². The van der Waals surface area contributed by atoms with Gasteiger partial charge in [0.15, 0.2) is 0 Å². The lowest BCUT2D eigenvalue weighted by Crippen LogP contribution is -2.36. The van der Waals surface area contributed by atoms with E-state index in [2.05, 4.69) is 15.2 Å². The van der Waals surface area contributed by atoms with Gasteiger partial charge in [-0.3, -0.25) is 4.79 Å². The molecule has 1 aromatic heterocycles. The Morgan fingerprint density at radius 1 is 1.17 bits per heavy atom. The van der Waals surface area contributed by atoms with Crippen molar-refractivity contribution in [3.8, 4) is 0 Å². The van der Waals surface area contributed by atoms with Crippen LogP contribution in [0.5, 0.6) is 0 Å². The molecule has 0 spiro atoms. The third kappa shape index (κ3) is 4.21. The Balaban J connectivity index is 1.57. The highest BCUT2D eigenvalue weighted by molar-refractivity contribution is 6.30. The van der Waals surface area contributed by atoms with Gasteiger partial charge in [-0.1, -0.05) is 23.7 Å². The van der Waals surface area contributed by atoms with E-state index in [1.165, 1.54) is 0 Å². The van der Waals surface area contributed by atoms with Crippen LogP contribution in [0.3, 0.4) is 0 Å². The summed E-state index contributed by atoms with van der Waals surface area (Å²) < 4.78 is 5.33. The largest absolute Gasteiger partial charge is 0.378 e. The topological polar surface area (TPSA) is 54.5 Å². The molecule has 2 heterocycles. The minimum Gasteiger partial charge on any atom is -0.378 e. The van der Waals surface area contributed by atoms with Crippen LogP contribution >= 0.6 is 11.6 Å². The number of morpholine rings is 1. The van der Waals surface area contributed by atoms with Crippen molar-refractivity contribution in [3.05, 3.63) is 58.9 Å². The molecule has 6 heteroatoms. The number of nitrogens with zero attached hydrogens (tertiary/aromatic N) is 2. The van der Waals surface area contributed by atoms with E-state index in [9.17, 15) is 4.79 Å². The summed E-state index contributed by atoms with van der Waals surface area (Å²) in [7, 11) is 0. The minimum atomic E-state index is -0.187. The summed E-state index contributed by atoms with van der Waals surface area (Å²) in [6.45, 7) is 3.60. The van der Waals surface area contributed by atoms with Gasteiger partial charge in [0.05, 0.1) is 25.1 Å². The van der Waals surface area contributed by atoms with Gasteiger partial charge in [0.25, 0.3) is 5.91 Å². The summed E-state index contributed by atoms with van der Waals surface area (Å²) in [6.07, 6.45) is 1.74. The molecule has 3 rings (SSSR count). The molecule has 23 heavy (non-hydrogen) atoms. The molecule has 1 N–H and O–H groups in total. The van der Waals surface area contributed by atoms with Crippen LogP contribution in [0.2, 0.25) is 5.02 Å². The van der Waals surface area contributed by atoms with E-state index in [-0.39, 0.29) is 5.91 Å². The predicted octanol–water partition coefficient (Wildman–Crippen LogP) is 2.50. The molecule has 1 aliphatic rings. The van der Waals surface area contributed by atoms with Gasteiger partial charge < -0.3 is 15.0 Å². The number of carbonyl (C=O) groups is 1. The van der Waals surface area contributed by atoms with Gasteiger partial charge in [-0.2, -0.15) is 0 Å². The van der Waals surface area contributed by atoms with Crippen LogP contribution in [-0.2, 0) is 11.3 Å². The lowest BCUT2D eigenvalue weighted by atomic mass is 10.2. The zero-order valence-electron chi connectivity index (χ0n) is 12.7. The van der Waals surface area contributed by atoms with E-state index in [0.717, 1.165) is 37.6 Å². The van der Waals surface area contributed by atoms with Crippen molar-refractivity contribution < 1.29 is 9.53 Å². The Morgan fingerprint density at radius 3 is 2.57 bits per heavy atom. The fraction of sp³-hybridized carbons (Fsp3) is 0.294. The number of aromatic nitrogens is 1. The van der Waals surface area contributed by atoms with Crippen molar-refractivity contribution in [1.29, 1.82) is 0 Å². The summed E-state index contributed by atoms with van der Waals surface area (Å²) in [6, 6.07) is 11.1. The number of carbonyl (C=O) groups excluding carboxylic acids is 1. The number of nitrogens with one attached hydrogen (secondary N) is 1. The molecule has 0 saturated carbocycles. The van der Waals surface area contributed by atoms with E-state index in [0.29, 0.717) is 17.3 Å². The molecule has 1 amide bonds. The number of amides is 1. The molecular formula is C17H18ClN3O2. The fourth-order valence-corrected chi connectivity index (χ4v) is 2.53. The number of anilines is 1. The molecule has 5 nitrogen and oxygen atoms in total. The second-order valence-corrected chi connectivity index (χ2v) is 5.75. The van der Waals surface area contributed by atoms with Crippen LogP contribution in [-0.4, -0.2) is 37.2 Å². The van der Waals surface area contributed by atoms with Crippen molar-refractivity contribution in [2.75, 3.05) is 31.2 Å². The molecule has 0 bridgehead atoms. The summed E-state index contributed by atoms with van der Waals surface area (Å²) >= 11 is 5.84.